The molecule has 96 valence electrons. The average molecular weight is 266 g/mol. The van der Waals surface area contributed by atoms with Crippen LogP contribution in [0.4, 0.5) is 4.79 Å². The molecule has 0 aliphatic carbocycles. The molecule has 2 rings (SSSR count). The van der Waals surface area contributed by atoms with Gasteiger partial charge in [0, 0.05) is 20.6 Å². The number of aromatic nitrogens is 1. The van der Waals surface area contributed by atoms with Crippen LogP contribution in [0, 0.1) is 0 Å². The molecule has 2 aromatic rings. The van der Waals surface area contributed by atoms with E-state index in [4.69, 9.17) is 4.42 Å². The number of hydrogen-bond acceptors (Lipinski definition) is 3. The van der Waals surface area contributed by atoms with Gasteiger partial charge in [-0.3, -0.25) is 9.36 Å². The molecule has 0 atom stereocenters. The second-order valence-electron chi connectivity index (χ2n) is 4.18. The van der Waals surface area contributed by atoms with Crippen molar-refractivity contribution in [1.82, 2.24) is 9.47 Å². The van der Waals surface area contributed by atoms with Gasteiger partial charge in [0.15, 0.2) is 5.58 Å². The fraction of sp³-hybridized carbons (Fsp3) is 0.333. The number of hydrogen-bond donors (Lipinski definition) is 1. The number of fused-ring (bicyclic) bond motifs is 1. The summed E-state index contributed by atoms with van der Waals surface area (Å²) in [4.78, 5) is 23.8. The largest absolute Gasteiger partial charge is 0.419 e. The SMILES string of the molecule is CN(CCc1ccc2c(c1)oc(=O)n2C)C(=O)S. The van der Waals surface area contributed by atoms with Crippen LogP contribution in [0.25, 0.3) is 11.1 Å². The second kappa shape index (κ2) is 4.89. The minimum absolute atomic E-state index is 0.262. The van der Waals surface area contributed by atoms with Gasteiger partial charge < -0.3 is 9.32 Å². The van der Waals surface area contributed by atoms with Gasteiger partial charge in [-0.15, -0.1) is 0 Å². The predicted octanol–water partition coefficient (Wildman–Crippen LogP) is 1.66. The van der Waals surface area contributed by atoms with Gasteiger partial charge in [0.1, 0.15) is 0 Å². The van der Waals surface area contributed by atoms with E-state index >= 15 is 0 Å². The van der Waals surface area contributed by atoms with Crippen molar-refractivity contribution in [2.75, 3.05) is 13.6 Å². The molecule has 0 aliphatic heterocycles. The van der Waals surface area contributed by atoms with Crippen LogP contribution < -0.4 is 5.76 Å². The van der Waals surface area contributed by atoms with Crippen LogP contribution in [0.3, 0.4) is 0 Å². The topological polar surface area (TPSA) is 55.5 Å². The fourth-order valence-corrected chi connectivity index (χ4v) is 1.83. The van der Waals surface area contributed by atoms with Crippen molar-refractivity contribution in [2.24, 2.45) is 7.05 Å². The monoisotopic (exact) mass is 266 g/mol. The van der Waals surface area contributed by atoms with E-state index in [9.17, 15) is 9.59 Å². The molecule has 6 heteroatoms. The Morgan fingerprint density at radius 3 is 2.89 bits per heavy atom. The van der Waals surface area contributed by atoms with Gasteiger partial charge in [0.05, 0.1) is 5.52 Å². The average Bonchev–Trinajstić information content (AvgIpc) is 2.61. The lowest BCUT2D eigenvalue weighted by Crippen LogP contribution is -2.23. The van der Waals surface area contributed by atoms with E-state index in [1.807, 2.05) is 18.2 Å². The molecule has 1 aromatic carbocycles. The van der Waals surface area contributed by atoms with E-state index in [1.165, 1.54) is 9.47 Å². The number of likely N-dealkylation sites (N-methyl/N-ethyl adjacent to an activating group) is 1. The molecule has 1 amide bonds. The summed E-state index contributed by atoms with van der Waals surface area (Å²) < 4.78 is 6.57. The van der Waals surface area contributed by atoms with E-state index in [0.29, 0.717) is 18.5 Å². The summed E-state index contributed by atoms with van der Waals surface area (Å²) in [5, 5.41) is -0.262. The molecule has 0 unspecified atom stereocenters. The number of carbonyl (C=O) groups is 1. The molecule has 0 aliphatic rings. The summed E-state index contributed by atoms with van der Waals surface area (Å²) in [6.07, 6.45) is 0.692. The number of oxazole rings is 1. The molecule has 0 saturated heterocycles. The van der Waals surface area contributed by atoms with Crippen LogP contribution in [-0.4, -0.2) is 28.3 Å². The molecular weight excluding hydrogens is 252 g/mol. The van der Waals surface area contributed by atoms with Crippen LogP contribution in [-0.2, 0) is 13.5 Å². The Morgan fingerprint density at radius 2 is 2.22 bits per heavy atom. The van der Waals surface area contributed by atoms with Crippen LogP contribution in [0.1, 0.15) is 5.56 Å². The Balaban J connectivity index is 2.20. The zero-order chi connectivity index (χ0) is 13.3. The first kappa shape index (κ1) is 12.8. The third-order valence-electron chi connectivity index (χ3n) is 2.92. The predicted molar refractivity (Wildman–Crippen MR) is 72.2 cm³/mol. The summed E-state index contributed by atoms with van der Waals surface area (Å²) in [7, 11) is 3.36. The Bertz CT molecular complexity index is 644. The Hall–Kier alpha value is -1.69. The van der Waals surface area contributed by atoms with Crippen LogP contribution in [0.15, 0.2) is 27.4 Å². The maximum Gasteiger partial charge on any atom is 0.419 e. The molecule has 0 fully saturated rings. The lowest BCUT2D eigenvalue weighted by Gasteiger charge is -2.13. The maximum atomic E-state index is 11.3. The van der Waals surface area contributed by atoms with Gasteiger partial charge in [0.25, 0.3) is 5.24 Å². The number of carbonyl (C=O) groups excluding carboxylic acids is 1. The van der Waals surface area contributed by atoms with Gasteiger partial charge in [-0.1, -0.05) is 18.7 Å². The van der Waals surface area contributed by atoms with E-state index in [1.54, 1.807) is 14.1 Å². The highest BCUT2D eigenvalue weighted by Gasteiger charge is 2.07. The summed E-state index contributed by atoms with van der Waals surface area (Å²) in [5.41, 5.74) is 2.35. The number of nitrogens with zero attached hydrogens (tertiary/aromatic N) is 2. The summed E-state index contributed by atoms with van der Waals surface area (Å²) >= 11 is 3.74. The van der Waals surface area contributed by atoms with Gasteiger partial charge in [-0.25, -0.2) is 4.79 Å². The van der Waals surface area contributed by atoms with Crippen molar-refractivity contribution in [3.05, 3.63) is 34.3 Å². The minimum atomic E-state index is -0.371. The number of rotatable bonds is 3. The van der Waals surface area contributed by atoms with Crippen LogP contribution in [0.2, 0.25) is 0 Å². The summed E-state index contributed by atoms with van der Waals surface area (Å²) in [6.45, 7) is 0.574. The molecule has 5 nitrogen and oxygen atoms in total. The lowest BCUT2D eigenvalue weighted by molar-refractivity contribution is 0.234. The number of thiol groups is 1. The van der Waals surface area contributed by atoms with Crippen molar-refractivity contribution < 1.29 is 9.21 Å². The van der Waals surface area contributed by atoms with Crippen molar-refractivity contribution in [2.45, 2.75) is 6.42 Å². The molecule has 18 heavy (non-hydrogen) atoms. The molecule has 1 heterocycles. The highest BCUT2D eigenvalue weighted by Crippen LogP contribution is 2.14. The molecule has 0 bridgehead atoms. The zero-order valence-corrected chi connectivity index (χ0v) is 11.1. The van der Waals surface area contributed by atoms with Crippen LogP contribution >= 0.6 is 12.6 Å². The number of amides is 1. The van der Waals surface area contributed by atoms with E-state index in [-0.39, 0.29) is 11.0 Å². The van der Waals surface area contributed by atoms with Crippen molar-refractivity contribution in [1.29, 1.82) is 0 Å². The highest BCUT2D eigenvalue weighted by atomic mass is 32.1. The normalized spacial score (nSPS) is 10.8. The standard InChI is InChI=1S/C12H14N2O3S/c1-13(12(16)18)6-5-8-3-4-9-10(7-8)17-11(15)14(9)2/h3-4,7H,5-6H2,1-2H3,(H,16,18). The van der Waals surface area contributed by atoms with E-state index in [0.717, 1.165) is 11.1 Å². The molecule has 0 radical (unpaired) electrons. The van der Waals surface area contributed by atoms with Gasteiger partial charge in [-0.2, -0.15) is 0 Å². The fourth-order valence-electron chi connectivity index (χ4n) is 1.73. The van der Waals surface area contributed by atoms with E-state index in [2.05, 4.69) is 12.6 Å². The third-order valence-corrected chi connectivity index (χ3v) is 3.26. The summed E-state index contributed by atoms with van der Waals surface area (Å²) in [6, 6.07) is 5.60. The van der Waals surface area contributed by atoms with Gasteiger partial charge >= 0.3 is 5.76 Å². The van der Waals surface area contributed by atoms with Crippen LogP contribution in [0.5, 0.6) is 0 Å². The zero-order valence-electron chi connectivity index (χ0n) is 10.2. The van der Waals surface area contributed by atoms with Crippen molar-refractivity contribution >= 4 is 29.0 Å². The Kier molecular flexibility index (Phi) is 3.47. The molecule has 1 aromatic heterocycles. The highest BCUT2D eigenvalue weighted by molar-refractivity contribution is 7.96. The first-order chi connectivity index (χ1) is 8.49. The molecule has 0 spiro atoms. The molecule has 0 saturated carbocycles. The second-order valence-corrected chi connectivity index (χ2v) is 4.57. The Morgan fingerprint density at radius 1 is 1.50 bits per heavy atom. The van der Waals surface area contributed by atoms with Crippen molar-refractivity contribution in [3.8, 4) is 0 Å². The van der Waals surface area contributed by atoms with E-state index < -0.39 is 0 Å². The quantitative estimate of drug-likeness (QED) is 0.860. The van der Waals surface area contributed by atoms with Gasteiger partial charge in [-0.05, 0) is 24.1 Å². The maximum absolute atomic E-state index is 11.3. The first-order valence-electron chi connectivity index (χ1n) is 5.51. The third kappa shape index (κ3) is 2.43. The number of aryl methyl sites for hydroxylation is 1. The van der Waals surface area contributed by atoms with Crippen molar-refractivity contribution in [3.63, 3.8) is 0 Å². The molecule has 0 N–H and O–H groups in total. The molecular formula is C12H14N2O3S. The smallest absolute Gasteiger partial charge is 0.408 e. The summed E-state index contributed by atoms with van der Waals surface area (Å²) in [5.74, 6) is -0.371. The first-order valence-corrected chi connectivity index (χ1v) is 5.96. The minimum Gasteiger partial charge on any atom is -0.408 e. The van der Waals surface area contributed by atoms with Gasteiger partial charge in [0.2, 0.25) is 0 Å². The lowest BCUT2D eigenvalue weighted by atomic mass is 10.1. The number of benzene rings is 1. The Labute approximate surface area is 109 Å².